The Bertz CT molecular complexity index is 1210. The summed E-state index contributed by atoms with van der Waals surface area (Å²) in [5.74, 6) is -1.08. The van der Waals surface area contributed by atoms with Crippen LogP contribution in [0.5, 0.6) is 0 Å². The van der Waals surface area contributed by atoms with E-state index in [4.69, 9.17) is 28.4 Å². The van der Waals surface area contributed by atoms with Gasteiger partial charge in [0, 0.05) is 24.0 Å². The number of allylic oxidation sites excluding steroid dienone is 3. The number of esters is 2. The van der Waals surface area contributed by atoms with Crippen molar-refractivity contribution in [3.63, 3.8) is 0 Å². The van der Waals surface area contributed by atoms with Crippen molar-refractivity contribution in [1.82, 2.24) is 0 Å². The number of aliphatic hydroxyl groups excluding tert-OH is 2. The number of aliphatic hydroxyl groups is 2. The predicted molar refractivity (Wildman–Crippen MR) is 133 cm³/mol. The van der Waals surface area contributed by atoms with Crippen molar-refractivity contribution < 1.29 is 48.2 Å². The van der Waals surface area contributed by atoms with Crippen molar-refractivity contribution in [1.29, 1.82) is 0 Å². The molecule has 2 spiro atoms. The van der Waals surface area contributed by atoms with Crippen LogP contribution in [0, 0.1) is 10.8 Å². The molecule has 2 N–H and O–H groups in total. The molecule has 0 aromatic rings. The van der Waals surface area contributed by atoms with Crippen LogP contribution >= 0.6 is 0 Å². The van der Waals surface area contributed by atoms with Crippen molar-refractivity contribution in [2.45, 2.75) is 87.5 Å². The predicted octanol–water partition coefficient (Wildman–Crippen LogP) is 1.40. The summed E-state index contributed by atoms with van der Waals surface area (Å²) in [6, 6.07) is 0. The second kappa shape index (κ2) is 8.58. The van der Waals surface area contributed by atoms with Gasteiger partial charge in [-0.05, 0) is 37.8 Å². The van der Waals surface area contributed by atoms with E-state index in [9.17, 15) is 19.8 Å². The summed E-state index contributed by atoms with van der Waals surface area (Å²) in [7, 11) is 0. The van der Waals surface area contributed by atoms with Crippen LogP contribution in [0.3, 0.4) is 0 Å². The highest BCUT2D eigenvalue weighted by Crippen LogP contribution is 2.72. The highest BCUT2D eigenvalue weighted by atomic mass is 16.7. The van der Waals surface area contributed by atoms with Gasteiger partial charge in [-0.1, -0.05) is 30.7 Å². The van der Waals surface area contributed by atoms with Gasteiger partial charge in [-0.25, -0.2) is 9.59 Å². The van der Waals surface area contributed by atoms with Crippen LogP contribution in [0.2, 0.25) is 0 Å². The Morgan fingerprint density at radius 3 is 2.62 bits per heavy atom. The Hall–Kier alpha value is -2.34. The zero-order valence-electron chi connectivity index (χ0n) is 22.0. The maximum atomic E-state index is 13.3. The first kappa shape index (κ1) is 25.6. The first-order valence-corrected chi connectivity index (χ1v) is 13.7. The first-order valence-electron chi connectivity index (χ1n) is 13.7. The highest BCUT2D eigenvalue weighted by molar-refractivity contribution is 5.83. The lowest BCUT2D eigenvalue weighted by Crippen LogP contribution is -2.66. The van der Waals surface area contributed by atoms with Crippen LogP contribution < -0.4 is 0 Å². The lowest BCUT2D eigenvalue weighted by Gasteiger charge is -2.58. The van der Waals surface area contributed by atoms with E-state index in [0.29, 0.717) is 31.4 Å². The van der Waals surface area contributed by atoms with E-state index >= 15 is 0 Å². The van der Waals surface area contributed by atoms with Gasteiger partial charge in [0.2, 0.25) is 0 Å². The van der Waals surface area contributed by atoms with E-state index < -0.39 is 58.6 Å². The molecular formula is C29H34O10. The Kier molecular flexibility index (Phi) is 5.64. The second-order valence-electron chi connectivity index (χ2n) is 12.1. The van der Waals surface area contributed by atoms with Crippen LogP contribution in [0.1, 0.15) is 39.5 Å². The molecule has 5 aliphatic heterocycles. The van der Waals surface area contributed by atoms with E-state index in [0.717, 1.165) is 6.42 Å². The normalized spacial score (nSPS) is 53.4. The van der Waals surface area contributed by atoms with Crippen molar-refractivity contribution in [3.05, 3.63) is 47.6 Å². The largest absolute Gasteiger partial charge is 0.462 e. The Labute approximate surface area is 226 Å². The van der Waals surface area contributed by atoms with Gasteiger partial charge in [0.25, 0.3) is 0 Å². The Balaban J connectivity index is 1.32. The SMILES string of the molecule is CC1=CC2OC3CC4OC(=O)/C=C/C=C\C56OCC/C(=C/C(=O)OCC2(CC1)C4(C)C31CO1)C5OC(O)C6O. The van der Waals surface area contributed by atoms with Gasteiger partial charge in [0.05, 0.1) is 30.8 Å². The van der Waals surface area contributed by atoms with Crippen LogP contribution in [0.15, 0.2) is 47.6 Å². The molecule has 1 saturated carbocycles. The first-order chi connectivity index (χ1) is 18.7. The van der Waals surface area contributed by atoms with E-state index in [1.54, 1.807) is 12.2 Å². The number of hydrogen-bond acceptors (Lipinski definition) is 10. The topological polar surface area (TPSA) is 133 Å². The number of ether oxygens (including phenoxy) is 6. The zero-order valence-corrected chi connectivity index (χ0v) is 22.0. The minimum Gasteiger partial charge on any atom is -0.462 e. The molecule has 39 heavy (non-hydrogen) atoms. The van der Waals surface area contributed by atoms with E-state index in [1.807, 2.05) is 0 Å². The summed E-state index contributed by atoms with van der Waals surface area (Å²) < 4.78 is 36.5. The van der Waals surface area contributed by atoms with Crippen LogP contribution in [0.25, 0.3) is 0 Å². The molecule has 2 aliphatic carbocycles. The van der Waals surface area contributed by atoms with Crippen molar-refractivity contribution in [2.75, 3.05) is 19.8 Å². The molecule has 210 valence electrons. The summed E-state index contributed by atoms with van der Waals surface area (Å²) in [6.07, 6.45) is 6.94. The maximum absolute atomic E-state index is 13.3. The molecule has 7 rings (SSSR count). The number of carbonyl (C=O) groups is 2. The summed E-state index contributed by atoms with van der Waals surface area (Å²) in [5.41, 5.74) is -1.58. The molecule has 4 bridgehead atoms. The molecule has 10 atom stereocenters. The minimum atomic E-state index is -1.51. The van der Waals surface area contributed by atoms with Gasteiger partial charge in [-0.2, -0.15) is 0 Å². The van der Waals surface area contributed by atoms with Crippen molar-refractivity contribution >= 4 is 11.9 Å². The number of rotatable bonds is 0. The van der Waals surface area contributed by atoms with Gasteiger partial charge < -0.3 is 38.6 Å². The van der Waals surface area contributed by atoms with Gasteiger partial charge in [0.15, 0.2) is 6.29 Å². The standard InChI is InChI=1S/C29H34O10/c1-16-6-9-27-14-34-22(31)12-17-7-10-35-28(23(32)25(33)39-24(17)28)8-4-3-5-21(30)38-18-13-20(37-19(27)11-16)29(15-36-29)26(18,27)2/h3-5,8,11-12,18-20,23-25,32-33H,6-7,9-10,13-15H2,1-2H3/b5-3+,8-4-,17-12-. The fourth-order valence-electron chi connectivity index (χ4n) is 8.14. The average molecular weight is 543 g/mol. The molecule has 10 heteroatoms. The molecule has 5 heterocycles. The molecule has 0 aromatic heterocycles. The van der Waals surface area contributed by atoms with Gasteiger partial charge in [-0.3, -0.25) is 0 Å². The summed E-state index contributed by atoms with van der Waals surface area (Å²) in [4.78, 5) is 26.4. The molecule has 10 nitrogen and oxygen atoms in total. The van der Waals surface area contributed by atoms with E-state index in [2.05, 4.69) is 19.9 Å². The number of carbonyl (C=O) groups excluding carboxylic acids is 2. The third kappa shape index (κ3) is 3.36. The lowest BCUT2D eigenvalue weighted by molar-refractivity contribution is -0.232. The van der Waals surface area contributed by atoms with E-state index in [1.165, 1.54) is 23.8 Å². The molecule has 10 unspecified atom stereocenters. The molecule has 0 aromatic carbocycles. The smallest absolute Gasteiger partial charge is 0.331 e. The third-order valence-corrected chi connectivity index (χ3v) is 10.4. The second-order valence-corrected chi connectivity index (χ2v) is 12.1. The van der Waals surface area contributed by atoms with Crippen LogP contribution in [-0.2, 0) is 38.0 Å². The quantitative estimate of drug-likeness (QED) is 0.263. The third-order valence-electron chi connectivity index (χ3n) is 10.4. The zero-order chi connectivity index (χ0) is 27.2. The molecule has 0 radical (unpaired) electrons. The highest BCUT2D eigenvalue weighted by Gasteiger charge is 2.83. The van der Waals surface area contributed by atoms with Crippen LogP contribution in [-0.4, -0.2) is 90.0 Å². The van der Waals surface area contributed by atoms with E-state index in [-0.39, 0.29) is 25.4 Å². The number of epoxide rings is 1. The molecule has 4 saturated heterocycles. The molecular weight excluding hydrogens is 508 g/mol. The summed E-state index contributed by atoms with van der Waals surface area (Å²) in [5, 5.41) is 21.1. The number of cyclic esters (lactones) is 1. The molecule has 5 fully saturated rings. The lowest BCUT2D eigenvalue weighted by atomic mass is 9.51. The van der Waals surface area contributed by atoms with Gasteiger partial charge in [-0.15, -0.1) is 0 Å². The molecule has 0 amide bonds. The van der Waals surface area contributed by atoms with Crippen LogP contribution in [0.4, 0.5) is 0 Å². The Morgan fingerprint density at radius 1 is 1.00 bits per heavy atom. The Morgan fingerprint density at radius 2 is 1.82 bits per heavy atom. The fourth-order valence-corrected chi connectivity index (χ4v) is 8.14. The van der Waals surface area contributed by atoms with Crippen molar-refractivity contribution in [3.8, 4) is 0 Å². The van der Waals surface area contributed by atoms with Crippen molar-refractivity contribution in [2.24, 2.45) is 10.8 Å². The molecule has 7 aliphatic rings. The minimum absolute atomic E-state index is 0.0562. The summed E-state index contributed by atoms with van der Waals surface area (Å²) >= 11 is 0. The van der Waals surface area contributed by atoms with Gasteiger partial charge >= 0.3 is 11.9 Å². The monoisotopic (exact) mass is 542 g/mol. The summed E-state index contributed by atoms with van der Waals surface area (Å²) in [6.45, 7) is 4.93. The number of hydrogen-bond donors (Lipinski definition) is 2. The maximum Gasteiger partial charge on any atom is 0.331 e. The fraction of sp³-hybridized carbons (Fsp3) is 0.655. The van der Waals surface area contributed by atoms with Gasteiger partial charge in [0.1, 0.15) is 36.1 Å². The average Bonchev–Trinajstić information content (AvgIpc) is 3.64.